The van der Waals surface area contributed by atoms with E-state index >= 15 is 0 Å². The van der Waals surface area contributed by atoms with Crippen molar-refractivity contribution in [1.82, 2.24) is 4.98 Å². The van der Waals surface area contributed by atoms with E-state index < -0.39 is 11.9 Å². The molecule has 2 rings (SSSR count). The Morgan fingerprint density at radius 2 is 1.95 bits per heavy atom. The summed E-state index contributed by atoms with van der Waals surface area (Å²) in [7, 11) is 1.63. The molecule has 0 aliphatic carbocycles. The van der Waals surface area contributed by atoms with Crippen molar-refractivity contribution in [3.63, 3.8) is 0 Å². The fourth-order valence-electron chi connectivity index (χ4n) is 2.22. The lowest BCUT2D eigenvalue weighted by Gasteiger charge is -2.16. The largest absolute Gasteiger partial charge is 0.433 e. The first-order valence-electron chi connectivity index (χ1n) is 6.06. The van der Waals surface area contributed by atoms with Gasteiger partial charge in [0.2, 0.25) is 0 Å². The van der Waals surface area contributed by atoms with Crippen LogP contribution in [0, 0.1) is 6.92 Å². The average Bonchev–Trinajstić information content (AvgIpc) is 2.36. The predicted molar refractivity (Wildman–Crippen MR) is 70.4 cm³/mol. The Bertz CT molecular complexity index is 618. The average molecular weight is 268 g/mol. The zero-order valence-electron chi connectivity index (χ0n) is 11.0. The van der Waals surface area contributed by atoms with Crippen molar-refractivity contribution in [1.29, 1.82) is 0 Å². The molecular weight excluding hydrogens is 253 g/mol. The summed E-state index contributed by atoms with van der Waals surface area (Å²) in [6.45, 7) is 3.45. The fourth-order valence-corrected chi connectivity index (χ4v) is 2.22. The van der Waals surface area contributed by atoms with E-state index in [1.165, 1.54) is 6.92 Å². The second-order valence-electron chi connectivity index (χ2n) is 4.41. The monoisotopic (exact) mass is 268 g/mol. The quantitative estimate of drug-likeness (QED) is 0.884. The van der Waals surface area contributed by atoms with Crippen LogP contribution in [0.15, 0.2) is 18.2 Å². The summed E-state index contributed by atoms with van der Waals surface area (Å²) in [5, 5.41) is 3.59. The maximum atomic E-state index is 12.9. The molecule has 0 amide bonds. The lowest BCUT2D eigenvalue weighted by molar-refractivity contribution is -0.141. The van der Waals surface area contributed by atoms with Gasteiger partial charge in [-0.15, -0.1) is 0 Å². The molecule has 0 aliphatic heterocycles. The number of rotatable bonds is 2. The highest BCUT2D eigenvalue weighted by molar-refractivity contribution is 5.93. The molecule has 2 aromatic rings. The Morgan fingerprint density at radius 3 is 2.47 bits per heavy atom. The standard InChI is InChI=1S/C14H15F3N2/c1-4-9-5-6-11-10(7-9)12(18-3)8(2)13(19-11)14(15,16)17/h5-7H,4H2,1-3H3,(H,18,19). The van der Waals surface area contributed by atoms with Crippen molar-refractivity contribution in [2.45, 2.75) is 26.4 Å². The number of aromatic nitrogens is 1. The maximum absolute atomic E-state index is 12.9. The first kappa shape index (κ1) is 13.6. The van der Waals surface area contributed by atoms with Crippen LogP contribution < -0.4 is 5.32 Å². The van der Waals surface area contributed by atoms with Crippen LogP contribution in [0.25, 0.3) is 10.9 Å². The summed E-state index contributed by atoms with van der Waals surface area (Å²) in [6, 6.07) is 5.34. The van der Waals surface area contributed by atoms with Gasteiger partial charge >= 0.3 is 6.18 Å². The number of pyridine rings is 1. The van der Waals surface area contributed by atoms with Crippen LogP contribution in [0.4, 0.5) is 18.9 Å². The summed E-state index contributed by atoms with van der Waals surface area (Å²) >= 11 is 0. The molecular formula is C14H15F3N2. The van der Waals surface area contributed by atoms with Gasteiger partial charge in [-0.05, 0) is 31.0 Å². The SMILES string of the molecule is CCc1ccc2nc(C(F)(F)F)c(C)c(NC)c2c1. The first-order valence-corrected chi connectivity index (χ1v) is 6.06. The number of fused-ring (bicyclic) bond motifs is 1. The summed E-state index contributed by atoms with van der Waals surface area (Å²) in [4.78, 5) is 3.77. The molecule has 0 atom stereocenters. The molecule has 5 heteroatoms. The Balaban J connectivity index is 2.82. The topological polar surface area (TPSA) is 24.9 Å². The van der Waals surface area contributed by atoms with Crippen molar-refractivity contribution in [2.75, 3.05) is 12.4 Å². The van der Waals surface area contributed by atoms with Crippen LogP contribution in [-0.4, -0.2) is 12.0 Å². The third-order valence-electron chi connectivity index (χ3n) is 3.22. The highest BCUT2D eigenvalue weighted by atomic mass is 19.4. The van der Waals surface area contributed by atoms with Gasteiger partial charge in [0.15, 0.2) is 0 Å². The Kier molecular flexibility index (Phi) is 3.39. The van der Waals surface area contributed by atoms with Gasteiger partial charge < -0.3 is 5.32 Å². The molecule has 2 nitrogen and oxygen atoms in total. The number of alkyl halides is 3. The minimum atomic E-state index is -4.44. The summed E-state index contributed by atoms with van der Waals surface area (Å²) in [5.74, 6) is 0. The highest BCUT2D eigenvalue weighted by Gasteiger charge is 2.35. The molecule has 1 aromatic carbocycles. The zero-order valence-corrected chi connectivity index (χ0v) is 11.0. The Hall–Kier alpha value is -1.78. The van der Waals surface area contributed by atoms with E-state index in [-0.39, 0.29) is 5.56 Å². The number of aryl methyl sites for hydroxylation is 1. The van der Waals surface area contributed by atoms with Crippen LogP contribution in [0.3, 0.4) is 0 Å². The van der Waals surface area contributed by atoms with E-state index in [0.717, 1.165) is 17.4 Å². The van der Waals surface area contributed by atoms with Crippen LogP contribution in [0.2, 0.25) is 0 Å². The molecule has 0 unspecified atom stereocenters. The van der Waals surface area contributed by atoms with Gasteiger partial charge in [-0.25, -0.2) is 4.98 Å². The molecule has 102 valence electrons. The van der Waals surface area contributed by atoms with Crippen LogP contribution in [0.1, 0.15) is 23.7 Å². The third kappa shape index (κ3) is 2.37. The molecule has 0 radical (unpaired) electrons. The van der Waals surface area contributed by atoms with Crippen molar-refractivity contribution in [2.24, 2.45) is 0 Å². The molecule has 19 heavy (non-hydrogen) atoms. The zero-order chi connectivity index (χ0) is 14.2. The van der Waals surface area contributed by atoms with Crippen LogP contribution >= 0.6 is 0 Å². The van der Waals surface area contributed by atoms with Gasteiger partial charge in [0.05, 0.1) is 5.52 Å². The molecule has 0 fully saturated rings. The minimum absolute atomic E-state index is 0.135. The van der Waals surface area contributed by atoms with Crippen molar-refractivity contribution in [3.05, 3.63) is 35.0 Å². The smallest absolute Gasteiger partial charge is 0.387 e. The maximum Gasteiger partial charge on any atom is 0.433 e. The molecule has 1 N–H and O–H groups in total. The van der Waals surface area contributed by atoms with Crippen molar-refractivity contribution in [3.8, 4) is 0 Å². The molecule has 0 saturated carbocycles. The van der Waals surface area contributed by atoms with Gasteiger partial charge in [0.1, 0.15) is 5.69 Å². The summed E-state index contributed by atoms with van der Waals surface area (Å²) < 4.78 is 38.8. The van der Waals surface area contributed by atoms with Crippen LogP contribution in [-0.2, 0) is 12.6 Å². The first-order chi connectivity index (χ1) is 8.88. The number of hydrogen-bond acceptors (Lipinski definition) is 2. The normalized spacial score (nSPS) is 11.9. The van der Waals surface area contributed by atoms with Gasteiger partial charge in [0.25, 0.3) is 0 Å². The predicted octanol–water partition coefficient (Wildman–Crippen LogP) is 4.17. The van der Waals surface area contributed by atoms with E-state index in [9.17, 15) is 13.2 Å². The van der Waals surface area contributed by atoms with E-state index in [0.29, 0.717) is 11.2 Å². The van der Waals surface area contributed by atoms with Crippen molar-refractivity contribution < 1.29 is 13.2 Å². The second-order valence-corrected chi connectivity index (χ2v) is 4.41. The van der Waals surface area contributed by atoms with Gasteiger partial charge in [-0.2, -0.15) is 13.2 Å². The van der Waals surface area contributed by atoms with E-state index in [1.807, 2.05) is 19.1 Å². The summed E-state index contributed by atoms with van der Waals surface area (Å²) in [6.07, 6.45) is -3.60. The Labute approximate surface area is 109 Å². The lowest BCUT2D eigenvalue weighted by Crippen LogP contribution is -2.12. The number of halogens is 3. The van der Waals surface area contributed by atoms with Gasteiger partial charge in [-0.3, -0.25) is 0 Å². The van der Waals surface area contributed by atoms with Gasteiger partial charge in [-0.1, -0.05) is 13.0 Å². The number of nitrogens with zero attached hydrogens (tertiary/aromatic N) is 1. The number of anilines is 1. The fraction of sp³-hybridized carbons (Fsp3) is 0.357. The number of hydrogen-bond donors (Lipinski definition) is 1. The number of benzene rings is 1. The Morgan fingerprint density at radius 1 is 1.26 bits per heavy atom. The van der Waals surface area contributed by atoms with Gasteiger partial charge in [0, 0.05) is 23.7 Å². The summed E-state index contributed by atoms with van der Waals surface area (Å²) in [5.41, 5.74) is 1.24. The van der Waals surface area contributed by atoms with E-state index in [1.54, 1.807) is 13.1 Å². The minimum Gasteiger partial charge on any atom is -0.387 e. The molecule has 1 aromatic heterocycles. The molecule has 0 spiro atoms. The number of nitrogens with one attached hydrogen (secondary N) is 1. The molecule has 0 saturated heterocycles. The van der Waals surface area contributed by atoms with E-state index in [4.69, 9.17) is 0 Å². The third-order valence-corrected chi connectivity index (χ3v) is 3.22. The molecule has 1 heterocycles. The highest BCUT2D eigenvalue weighted by Crippen LogP contribution is 2.37. The van der Waals surface area contributed by atoms with Crippen molar-refractivity contribution >= 4 is 16.6 Å². The molecule has 0 aliphatic rings. The lowest BCUT2D eigenvalue weighted by atomic mass is 10.0. The van der Waals surface area contributed by atoms with E-state index in [2.05, 4.69) is 10.3 Å². The van der Waals surface area contributed by atoms with Crippen LogP contribution in [0.5, 0.6) is 0 Å². The molecule has 0 bridgehead atoms. The second kappa shape index (κ2) is 4.72.